The van der Waals surface area contributed by atoms with Crippen molar-refractivity contribution >= 4 is 68.9 Å². The van der Waals surface area contributed by atoms with Crippen molar-refractivity contribution in [1.29, 1.82) is 0 Å². The van der Waals surface area contributed by atoms with Gasteiger partial charge in [0.25, 0.3) is 0 Å². The quantitative estimate of drug-likeness (QED) is 0.687. The number of aromatic amines is 1. The van der Waals surface area contributed by atoms with Gasteiger partial charge < -0.3 is 5.32 Å². The molecule has 0 spiro atoms. The van der Waals surface area contributed by atoms with Crippen LogP contribution in [0.3, 0.4) is 0 Å². The van der Waals surface area contributed by atoms with Crippen molar-refractivity contribution < 1.29 is 0 Å². The number of rotatable bonds is 1. The minimum absolute atomic E-state index is 0. The van der Waals surface area contributed by atoms with E-state index in [-0.39, 0.29) is 68.9 Å². The van der Waals surface area contributed by atoms with Crippen molar-refractivity contribution in [1.82, 2.24) is 25.9 Å². The number of H-pyrrole nitrogens is 1. The summed E-state index contributed by atoms with van der Waals surface area (Å²) >= 11 is 0. The zero-order chi connectivity index (χ0) is 6.81. The maximum atomic E-state index is 3.82. The van der Waals surface area contributed by atoms with E-state index in [4.69, 9.17) is 0 Å². The van der Waals surface area contributed by atoms with E-state index < -0.39 is 0 Å². The standard InChI is InChI=1S/C5H9N5.Cs.H/c1-2-4(6-3-1)5-7-9-10-8-5;;/h4,6H,1-3H2,(H,7,8,9,10);;. The molecule has 0 saturated carbocycles. The molecule has 56 valence electrons. The first kappa shape index (κ1) is 10.2. The molecule has 2 N–H and O–H groups in total. The van der Waals surface area contributed by atoms with Gasteiger partial charge in [-0.2, -0.15) is 0 Å². The van der Waals surface area contributed by atoms with Gasteiger partial charge in [-0.25, -0.2) is 5.10 Å². The van der Waals surface area contributed by atoms with E-state index in [1.165, 1.54) is 6.42 Å². The molecule has 1 unspecified atom stereocenters. The third-order valence-electron chi connectivity index (χ3n) is 1.75. The van der Waals surface area contributed by atoms with Gasteiger partial charge >= 0.3 is 68.9 Å². The number of aromatic nitrogens is 4. The molecule has 1 aromatic heterocycles. The molecule has 1 atom stereocenters. The van der Waals surface area contributed by atoms with Crippen molar-refractivity contribution in [2.75, 3.05) is 6.54 Å². The third-order valence-corrected chi connectivity index (χ3v) is 1.75. The zero-order valence-corrected chi connectivity index (χ0v) is 5.54. The predicted molar refractivity (Wildman–Crippen MR) is 41.3 cm³/mol. The van der Waals surface area contributed by atoms with Crippen LogP contribution in [0.1, 0.15) is 24.7 Å². The van der Waals surface area contributed by atoms with Gasteiger partial charge in [-0.1, -0.05) is 0 Å². The molecular weight excluding hydrogens is 263 g/mol. The summed E-state index contributed by atoms with van der Waals surface area (Å²) in [4.78, 5) is 0. The van der Waals surface area contributed by atoms with Gasteiger partial charge in [0.05, 0.1) is 6.04 Å². The van der Waals surface area contributed by atoms with Gasteiger partial charge in [-0.15, -0.1) is 5.10 Å². The minimum atomic E-state index is 0. The van der Waals surface area contributed by atoms with Crippen molar-refractivity contribution in [3.8, 4) is 0 Å². The Bertz CT molecular complexity index is 193. The number of hydrogen-bond acceptors (Lipinski definition) is 4. The van der Waals surface area contributed by atoms with Crippen LogP contribution in [0.2, 0.25) is 0 Å². The molecule has 6 heteroatoms. The molecule has 2 rings (SSSR count). The molecule has 1 saturated heterocycles. The Morgan fingerprint density at radius 2 is 2.36 bits per heavy atom. The summed E-state index contributed by atoms with van der Waals surface area (Å²) in [6, 6.07) is 0.356. The van der Waals surface area contributed by atoms with Crippen molar-refractivity contribution in [3.05, 3.63) is 5.82 Å². The Morgan fingerprint density at radius 1 is 1.45 bits per heavy atom. The summed E-state index contributed by atoms with van der Waals surface area (Å²) < 4.78 is 0. The number of tetrazole rings is 1. The fourth-order valence-corrected chi connectivity index (χ4v) is 1.23. The molecule has 5 nitrogen and oxygen atoms in total. The molecule has 0 aromatic carbocycles. The zero-order valence-electron chi connectivity index (χ0n) is 5.54. The second kappa shape index (κ2) is 4.95. The van der Waals surface area contributed by atoms with E-state index in [1.54, 1.807) is 0 Å². The Hall–Kier alpha value is 1.08. The average molecular weight is 273 g/mol. The van der Waals surface area contributed by atoms with Crippen LogP contribution in [0, 0.1) is 0 Å². The molecule has 1 fully saturated rings. The van der Waals surface area contributed by atoms with Gasteiger partial charge in [0, 0.05) is 0 Å². The van der Waals surface area contributed by atoms with Crippen LogP contribution in [0.25, 0.3) is 0 Å². The van der Waals surface area contributed by atoms with E-state index in [2.05, 4.69) is 25.9 Å². The molecular formula is C5H10CsN5. The normalized spacial score (nSPS) is 23.1. The fourth-order valence-electron chi connectivity index (χ4n) is 1.23. The van der Waals surface area contributed by atoms with Gasteiger partial charge in [0.1, 0.15) is 0 Å². The second-order valence-corrected chi connectivity index (χ2v) is 2.44. The Balaban J connectivity index is 0.000000605. The molecule has 11 heavy (non-hydrogen) atoms. The van der Waals surface area contributed by atoms with Crippen LogP contribution in [-0.4, -0.2) is 96.1 Å². The van der Waals surface area contributed by atoms with Crippen LogP contribution < -0.4 is 5.32 Å². The summed E-state index contributed by atoms with van der Waals surface area (Å²) in [5.74, 6) is 0.859. The van der Waals surface area contributed by atoms with E-state index in [9.17, 15) is 0 Å². The van der Waals surface area contributed by atoms with Gasteiger partial charge in [0.2, 0.25) is 0 Å². The molecule has 1 aliphatic rings. The third kappa shape index (κ3) is 2.51. The SMILES string of the molecule is C1CNC(c2nnn[nH]2)C1.[CsH]. The predicted octanol–water partition coefficient (Wildman–Crippen LogP) is -1.02. The van der Waals surface area contributed by atoms with E-state index in [1.807, 2.05) is 0 Å². The molecule has 0 amide bonds. The summed E-state index contributed by atoms with van der Waals surface area (Å²) in [5, 5.41) is 16.9. The Morgan fingerprint density at radius 3 is 2.91 bits per heavy atom. The molecule has 2 heterocycles. The van der Waals surface area contributed by atoms with Crippen molar-refractivity contribution in [3.63, 3.8) is 0 Å². The number of nitrogens with zero attached hydrogens (tertiary/aromatic N) is 3. The fraction of sp³-hybridized carbons (Fsp3) is 0.800. The second-order valence-electron chi connectivity index (χ2n) is 2.44. The van der Waals surface area contributed by atoms with Crippen LogP contribution in [-0.2, 0) is 0 Å². The number of nitrogens with one attached hydrogen (secondary N) is 2. The first-order valence-electron chi connectivity index (χ1n) is 3.44. The van der Waals surface area contributed by atoms with Gasteiger partial charge in [-0.3, -0.25) is 0 Å². The van der Waals surface area contributed by atoms with Crippen LogP contribution in [0.15, 0.2) is 0 Å². The molecule has 1 aliphatic heterocycles. The maximum absolute atomic E-state index is 3.82. The molecule has 0 aliphatic carbocycles. The van der Waals surface area contributed by atoms with Crippen molar-refractivity contribution in [2.24, 2.45) is 0 Å². The average Bonchev–Trinajstić information content (AvgIpc) is 2.59. The summed E-state index contributed by atoms with van der Waals surface area (Å²) in [6.45, 7) is 1.07. The van der Waals surface area contributed by atoms with E-state index in [0.29, 0.717) is 6.04 Å². The van der Waals surface area contributed by atoms with Gasteiger partial charge in [0.15, 0.2) is 5.82 Å². The van der Waals surface area contributed by atoms with Crippen molar-refractivity contribution in [2.45, 2.75) is 18.9 Å². The molecule has 0 bridgehead atoms. The summed E-state index contributed by atoms with van der Waals surface area (Å²) in [6.07, 6.45) is 2.35. The van der Waals surface area contributed by atoms with E-state index >= 15 is 0 Å². The Kier molecular flexibility index (Phi) is 4.58. The summed E-state index contributed by atoms with van der Waals surface area (Å²) in [5.41, 5.74) is 0. The molecule has 1 aromatic rings. The van der Waals surface area contributed by atoms with E-state index in [0.717, 1.165) is 18.8 Å². The van der Waals surface area contributed by atoms with Crippen LogP contribution >= 0.6 is 0 Å². The van der Waals surface area contributed by atoms with Gasteiger partial charge in [-0.05, 0) is 29.8 Å². The monoisotopic (exact) mass is 273 g/mol. The van der Waals surface area contributed by atoms with Crippen LogP contribution in [0.5, 0.6) is 0 Å². The molecule has 0 radical (unpaired) electrons. The summed E-state index contributed by atoms with van der Waals surface area (Å²) in [7, 11) is 0. The Labute approximate surface area is 124 Å². The number of hydrogen-bond donors (Lipinski definition) is 2. The first-order valence-corrected chi connectivity index (χ1v) is 3.44. The first-order chi connectivity index (χ1) is 4.97. The topological polar surface area (TPSA) is 66.5 Å². The van der Waals surface area contributed by atoms with Crippen LogP contribution in [0.4, 0.5) is 0 Å².